The van der Waals surface area contributed by atoms with E-state index in [4.69, 9.17) is 0 Å². The predicted molar refractivity (Wildman–Crippen MR) is 53.8 cm³/mol. The minimum absolute atomic E-state index is 0.0862. The number of carbonyl (C=O) groups is 1. The minimum atomic E-state index is -0.288. The highest BCUT2D eigenvalue weighted by Crippen LogP contribution is 2.31. The van der Waals surface area contributed by atoms with Crippen LogP contribution in [-0.4, -0.2) is 35.1 Å². The summed E-state index contributed by atoms with van der Waals surface area (Å²) in [7, 11) is 1.85. The van der Waals surface area contributed by atoms with E-state index in [1.54, 1.807) is 4.90 Å². The van der Waals surface area contributed by atoms with Crippen molar-refractivity contribution < 1.29 is 9.90 Å². The van der Waals surface area contributed by atoms with Crippen molar-refractivity contribution in [2.24, 2.45) is 5.92 Å². The average molecular weight is 197 g/mol. The molecule has 3 nitrogen and oxygen atoms in total. The highest BCUT2D eigenvalue weighted by atomic mass is 16.3. The molecule has 2 saturated carbocycles. The Kier molecular flexibility index (Phi) is 2.77. The van der Waals surface area contributed by atoms with E-state index in [1.807, 2.05) is 7.05 Å². The van der Waals surface area contributed by atoms with Gasteiger partial charge in [0.2, 0.25) is 5.91 Å². The fraction of sp³-hybridized carbons (Fsp3) is 0.909. The summed E-state index contributed by atoms with van der Waals surface area (Å²) in [5.41, 5.74) is 0. The Balaban J connectivity index is 1.92. The first-order valence-electron chi connectivity index (χ1n) is 5.65. The first-order valence-corrected chi connectivity index (χ1v) is 5.65. The largest absolute Gasteiger partial charge is 0.391 e. The van der Waals surface area contributed by atoms with Gasteiger partial charge in [-0.2, -0.15) is 0 Å². The molecule has 14 heavy (non-hydrogen) atoms. The Morgan fingerprint density at radius 2 is 1.86 bits per heavy atom. The highest BCUT2D eigenvalue weighted by molar-refractivity contribution is 5.79. The van der Waals surface area contributed by atoms with Crippen molar-refractivity contribution in [3.05, 3.63) is 0 Å². The van der Waals surface area contributed by atoms with Crippen LogP contribution in [0.15, 0.2) is 0 Å². The summed E-state index contributed by atoms with van der Waals surface area (Å²) in [6.45, 7) is 0. The van der Waals surface area contributed by atoms with Gasteiger partial charge in [0.1, 0.15) is 0 Å². The van der Waals surface area contributed by atoms with Crippen LogP contribution in [0.1, 0.15) is 38.5 Å². The second-order valence-corrected chi connectivity index (χ2v) is 4.64. The Bertz CT molecular complexity index is 225. The summed E-state index contributed by atoms with van der Waals surface area (Å²) in [5.74, 6) is 0.509. The molecule has 0 radical (unpaired) electrons. The van der Waals surface area contributed by atoms with Crippen LogP contribution in [-0.2, 0) is 4.79 Å². The standard InChI is InChI=1S/C11H19NO2/c1-12(9-6-3-7-10(9)13)11(14)8-4-2-5-8/h8-10,13H,2-7H2,1H3. The lowest BCUT2D eigenvalue weighted by atomic mass is 9.84. The lowest BCUT2D eigenvalue weighted by Gasteiger charge is -2.34. The van der Waals surface area contributed by atoms with E-state index in [0.717, 1.165) is 32.1 Å². The molecule has 80 valence electrons. The number of rotatable bonds is 2. The van der Waals surface area contributed by atoms with E-state index in [1.165, 1.54) is 6.42 Å². The molecule has 0 aromatic heterocycles. The maximum absolute atomic E-state index is 11.9. The van der Waals surface area contributed by atoms with E-state index in [-0.39, 0.29) is 24.0 Å². The van der Waals surface area contributed by atoms with Crippen LogP contribution in [0.2, 0.25) is 0 Å². The summed E-state index contributed by atoms with van der Waals surface area (Å²) >= 11 is 0. The molecule has 2 unspecified atom stereocenters. The molecule has 2 rings (SSSR count). The van der Waals surface area contributed by atoms with Gasteiger partial charge in [0, 0.05) is 13.0 Å². The smallest absolute Gasteiger partial charge is 0.225 e. The summed E-state index contributed by atoms with van der Waals surface area (Å²) < 4.78 is 0. The predicted octanol–water partition coefficient (Wildman–Crippen LogP) is 1.16. The normalized spacial score (nSPS) is 32.7. The number of carbonyl (C=O) groups excluding carboxylic acids is 1. The minimum Gasteiger partial charge on any atom is -0.391 e. The molecule has 3 heteroatoms. The molecule has 0 saturated heterocycles. The van der Waals surface area contributed by atoms with Gasteiger partial charge in [-0.3, -0.25) is 4.79 Å². The lowest BCUT2D eigenvalue weighted by molar-refractivity contribution is -0.140. The maximum atomic E-state index is 11.9. The number of likely N-dealkylation sites (N-methyl/N-ethyl adjacent to an activating group) is 1. The molecule has 1 N–H and O–H groups in total. The molecule has 2 atom stereocenters. The number of aliphatic hydroxyl groups excluding tert-OH is 1. The Morgan fingerprint density at radius 3 is 2.29 bits per heavy atom. The zero-order chi connectivity index (χ0) is 10.1. The van der Waals surface area contributed by atoms with Gasteiger partial charge in [0.15, 0.2) is 0 Å². The third-order valence-corrected chi connectivity index (χ3v) is 3.74. The fourth-order valence-electron chi connectivity index (χ4n) is 2.48. The fourth-order valence-corrected chi connectivity index (χ4v) is 2.48. The van der Waals surface area contributed by atoms with E-state index in [9.17, 15) is 9.90 Å². The van der Waals surface area contributed by atoms with Crippen molar-refractivity contribution in [1.82, 2.24) is 4.90 Å². The summed E-state index contributed by atoms with van der Waals surface area (Å²) in [4.78, 5) is 13.7. The first-order chi connectivity index (χ1) is 6.70. The quantitative estimate of drug-likeness (QED) is 0.721. The van der Waals surface area contributed by atoms with Crippen molar-refractivity contribution >= 4 is 5.91 Å². The van der Waals surface area contributed by atoms with Crippen molar-refractivity contribution in [3.63, 3.8) is 0 Å². The molecule has 2 aliphatic rings. The number of hydrogen-bond acceptors (Lipinski definition) is 2. The molecular weight excluding hydrogens is 178 g/mol. The van der Waals surface area contributed by atoms with Crippen LogP contribution in [0, 0.1) is 5.92 Å². The van der Waals surface area contributed by atoms with Crippen LogP contribution in [0.3, 0.4) is 0 Å². The van der Waals surface area contributed by atoms with Crippen LogP contribution < -0.4 is 0 Å². The number of aliphatic hydroxyl groups is 1. The van der Waals surface area contributed by atoms with Gasteiger partial charge < -0.3 is 10.0 Å². The number of hydrogen-bond donors (Lipinski definition) is 1. The van der Waals surface area contributed by atoms with E-state index >= 15 is 0 Å². The Morgan fingerprint density at radius 1 is 1.21 bits per heavy atom. The van der Waals surface area contributed by atoms with Gasteiger partial charge in [-0.05, 0) is 32.1 Å². The third-order valence-electron chi connectivity index (χ3n) is 3.74. The van der Waals surface area contributed by atoms with Crippen LogP contribution in [0.25, 0.3) is 0 Å². The van der Waals surface area contributed by atoms with Crippen molar-refractivity contribution in [3.8, 4) is 0 Å². The molecule has 0 aromatic carbocycles. The number of amides is 1. The average Bonchev–Trinajstić information content (AvgIpc) is 2.47. The molecule has 1 amide bonds. The third kappa shape index (κ3) is 1.65. The van der Waals surface area contributed by atoms with Crippen LogP contribution in [0.5, 0.6) is 0 Å². The number of nitrogens with zero attached hydrogens (tertiary/aromatic N) is 1. The Hall–Kier alpha value is -0.570. The second kappa shape index (κ2) is 3.89. The van der Waals surface area contributed by atoms with E-state index < -0.39 is 0 Å². The summed E-state index contributed by atoms with van der Waals surface area (Å²) in [6, 6.07) is 0.0862. The van der Waals surface area contributed by atoms with E-state index in [2.05, 4.69) is 0 Å². The SMILES string of the molecule is CN(C(=O)C1CCC1)C1CCCC1O. The molecular formula is C11H19NO2. The topological polar surface area (TPSA) is 40.5 Å². The lowest BCUT2D eigenvalue weighted by Crippen LogP contribution is -2.45. The van der Waals surface area contributed by atoms with Gasteiger partial charge >= 0.3 is 0 Å². The monoisotopic (exact) mass is 197 g/mol. The molecule has 0 aromatic rings. The van der Waals surface area contributed by atoms with Crippen molar-refractivity contribution in [1.29, 1.82) is 0 Å². The summed E-state index contributed by atoms with van der Waals surface area (Å²) in [5, 5.41) is 9.69. The first kappa shape index (κ1) is 9.97. The zero-order valence-corrected chi connectivity index (χ0v) is 8.78. The molecule has 0 spiro atoms. The Labute approximate surface area is 85.1 Å². The molecule has 2 aliphatic carbocycles. The van der Waals surface area contributed by atoms with E-state index in [0.29, 0.717) is 0 Å². The van der Waals surface area contributed by atoms with Crippen molar-refractivity contribution in [2.75, 3.05) is 7.05 Å². The van der Waals surface area contributed by atoms with Gasteiger partial charge in [0.05, 0.1) is 12.1 Å². The molecule has 0 heterocycles. The van der Waals surface area contributed by atoms with Crippen LogP contribution in [0.4, 0.5) is 0 Å². The molecule has 0 bridgehead atoms. The van der Waals surface area contributed by atoms with Gasteiger partial charge in [0.25, 0.3) is 0 Å². The zero-order valence-electron chi connectivity index (χ0n) is 8.78. The van der Waals surface area contributed by atoms with Gasteiger partial charge in [-0.25, -0.2) is 0 Å². The molecule has 0 aliphatic heterocycles. The van der Waals surface area contributed by atoms with Crippen LogP contribution >= 0.6 is 0 Å². The molecule has 2 fully saturated rings. The van der Waals surface area contributed by atoms with Crippen molar-refractivity contribution in [2.45, 2.75) is 50.7 Å². The summed E-state index contributed by atoms with van der Waals surface area (Å²) in [6.07, 6.45) is 5.87. The van der Waals surface area contributed by atoms with Gasteiger partial charge in [-0.1, -0.05) is 6.42 Å². The highest BCUT2D eigenvalue weighted by Gasteiger charge is 2.35. The maximum Gasteiger partial charge on any atom is 0.225 e. The second-order valence-electron chi connectivity index (χ2n) is 4.64. The van der Waals surface area contributed by atoms with Gasteiger partial charge in [-0.15, -0.1) is 0 Å².